The van der Waals surface area contributed by atoms with Crippen LogP contribution in [0.5, 0.6) is 0 Å². The fourth-order valence-electron chi connectivity index (χ4n) is 2.13. The molecule has 2 heteroatoms. The van der Waals surface area contributed by atoms with E-state index >= 15 is 0 Å². The number of hydrogen-bond donors (Lipinski definition) is 0. The van der Waals surface area contributed by atoms with Crippen LogP contribution in [0.2, 0.25) is 0 Å². The zero-order valence-corrected chi connectivity index (χ0v) is 14.0. The summed E-state index contributed by atoms with van der Waals surface area (Å²) in [5, 5.41) is 0. The highest BCUT2D eigenvalue weighted by molar-refractivity contribution is 9.11. The molecule has 18 heavy (non-hydrogen) atoms. The van der Waals surface area contributed by atoms with Crippen LogP contribution in [-0.2, 0) is 0 Å². The standard InChI is InChI=1S/C16H16Br2/c1-10-4-6-13(12(3)8-10)16(18)14-9-11(2)5-7-15(14)17/h4-9,16H,1-3H3. The van der Waals surface area contributed by atoms with Crippen molar-refractivity contribution < 1.29 is 0 Å². The van der Waals surface area contributed by atoms with Crippen LogP contribution in [0.1, 0.15) is 32.6 Å². The zero-order chi connectivity index (χ0) is 13.3. The number of benzene rings is 2. The van der Waals surface area contributed by atoms with Gasteiger partial charge in [-0.15, -0.1) is 0 Å². The van der Waals surface area contributed by atoms with E-state index < -0.39 is 0 Å². The second kappa shape index (κ2) is 5.58. The molecule has 0 nitrogen and oxygen atoms in total. The van der Waals surface area contributed by atoms with Crippen LogP contribution in [0.4, 0.5) is 0 Å². The monoisotopic (exact) mass is 366 g/mol. The summed E-state index contributed by atoms with van der Waals surface area (Å²) < 4.78 is 1.15. The van der Waals surface area contributed by atoms with Crippen molar-refractivity contribution >= 4 is 31.9 Å². The van der Waals surface area contributed by atoms with Gasteiger partial charge < -0.3 is 0 Å². The van der Waals surface area contributed by atoms with Crippen molar-refractivity contribution in [3.8, 4) is 0 Å². The summed E-state index contributed by atoms with van der Waals surface area (Å²) in [4.78, 5) is 0.229. The van der Waals surface area contributed by atoms with Crippen molar-refractivity contribution in [3.63, 3.8) is 0 Å². The molecule has 2 rings (SSSR count). The Morgan fingerprint density at radius 1 is 0.833 bits per heavy atom. The van der Waals surface area contributed by atoms with Gasteiger partial charge in [0.05, 0.1) is 4.83 Å². The van der Waals surface area contributed by atoms with Crippen molar-refractivity contribution in [3.05, 3.63) is 68.7 Å². The van der Waals surface area contributed by atoms with Gasteiger partial charge in [-0.2, -0.15) is 0 Å². The molecule has 0 radical (unpaired) electrons. The first-order valence-electron chi connectivity index (χ1n) is 5.96. The molecule has 0 amide bonds. The molecule has 0 saturated carbocycles. The first-order valence-corrected chi connectivity index (χ1v) is 7.67. The van der Waals surface area contributed by atoms with Crippen LogP contribution < -0.4 is 0 Å². The summed E-state index contributed by atoms with van der Waals surface area (Å²) in [7, 11) is 0. The number of alkyl halides is 1. The van der Waals surface area contributed by atoms with Crippen LogP contribution in [0.3, 0.4) is 0 Å². The van der Waals surface area contributed by atoms with Gasteiger partial charge in [0.2, 0.25) is 0 Å². The topological polar surface area (TPSA) is 0 Å². The van der Waals surface area contributed by atoms with E-state index in [1.807, 2.05) is 0 Å². The summed E-state index contributed by atoms with van der Waals surface area (Å²) >= 11 is 7.46. The van der Waals surface area contributed by atoms with Crippen molar-refractivity contribution in [2.45, 2.75) is 25.6 Å². The first-order chi connectivity index (χ1) is 8.49. The van der Waals surface area contributed by atoms with Gasteiger partial charge in [0.25, 0.3) is 0 Å². The van der Waals surface area contributed by atoms with Crippen molar-refractivity contribution in [2.75, 3.05) is 0 Å². The molecule has 1 atom stereocenters. The van der Waals surface area contributed by atoms with E-state index in [1.165, 1.54) is 27.8 Å². The summed E-state index contributed by atoms with van der Waals surface area (Å²) in [5.41, 5.74) is 6.51. The Labute approximate surface area is 126 Å². The molecule has 1 unspecified atom stereocenters. The molecular weight excluding hydrogens is 352 g/mol. The molecule has 0 aliphatic carbocycles. The smallest absolute Gasteiger partial charge is 0.0658 e. The SMILES string of the molecule is Cc1ccc(C(Br)c2cc(C)ccc2Br)c(C)c1. The maximum atomic E-state index is 3.82. The van der Waals surface area contributed by atoms with Crippen LogP contribution in [-0.4, -0.2) is 0 Å². The minimum absolute atomic E-state index is 0.229. The van der Waals surface area contributed by atoms with Gasteiger partial charge in [0.1, 0.15) is 0 Å². The first kappa shape index (κ1) is 13.8. The molecule has 0 fully saturated rings. The Kier molecular flexibility index (Phi) is 4.29. The van der Waals surface area contributed by atoms with E-state index in [1.54, 1.807) is 0 Å². The average Bonchev–Trinajstić information content (AvgIpc) is 2.31. The Hall–Kier alpha value is -0.600. The number of hydrogen-bond acceptors (Lipinski definition) is 0. The summed E-state index contributed by atoms with van der Waals surface area (Å²) in [6.45, 7) is 6.42. The lowest BCUT2D eigenvalue weighted by molar-refractivity contribution is 1.12. The van der Waals surface area contributed by atoms with Crippen molar-refractivity contribution in [1.29, 1.82) is 0 Å². The van der Waals surface area contributed by atoms with Crippen LogP contribution >= 0.6 is 31.9 Å². The largest absolute Gasteiger partial charge is 0.0786 e. The Morgan fingerprint density at radius 2 is 1.44 bits per heavy atom. The molecule has 94 valence electrons. The normalized spacial score (nSPS) is 12.5. The highest BCUT2D eigenvalue weighted by Gasteiger charge is 2.15. The minimum atomic E-state index is 0.229. The van der Waals surface area contributed by atoms with E-state index in [0.717, 1.165) is 4.47 Å². The quantitative estimate of drug-likeness (QED) is 0.583. The Morgan fingerprint density at radius 3 is 2.11 bits per heavy atom. The summed E-state index contributed by atoms with van der Waals surface area (Å²) in [5.74, 6) is 0. The fourth-order valence-corrected chi connectivity index (χ4v) is 3.81. The van der Waals surface area contributed by atoms with E-state index in [2.05, 4.69) is 89.0 Å². The lowest BCUT2D eigenvalue weighted by Crippen LogP contribution is -1.98. The average molecular weight is 368 g/mol. The van der Waals surface area contributed by atoms with E-state index in [9.17, 15) is 0 Å². The molecule has 0 aromatic heterocycles. The van der Waals surface area contributed by atoms with Gasteiger partial charge in [-0.05, 0) is 43.5 Å². The van der Waals surface area contributed by atoms with Crippen molar-refractivity contribution in [2.24, 2.45) is 0 Å². The lowest BCUT2D eigenvalue weighted by Gasteiger charge is -2.16. The number of halogens is 2. The molecule has 0 bridgehead atoms. The molecule has 0 aliphatic heterocycles. The molecule has 0 spiro atoms. The van der Waals surface area contributed by atoms with Gasteiger partial charge in [0, 0.05) is 4.47 Å². The highest BCUT2D eigenvalue weighted by Crippen LogP contribution is 2.37. The number of rotatable bonds is 2. The second-order valence-corrected chi connectivity index (χ2v) is 6.52. The molecule has 0 aliphatic rings. The predicted octanol–water partition coefficient (Wildman–Crippen LogP) is 5.86. The predicted molar refractivity (Wildman–Crippen MR) is 85.6 cm³/mol. The Balaban J connectivity index is 2.47. The van der Waals surface area contributed by atoms with Gasteiger partial charge in [-0.25, -0.2) is 0 Å². The summed E-state index contributed by atoms with van der Waals surface area (Å²) in [6.07, 6.45) is 0. The summed E-state index contributed by atoms with van der Waals surface area (Å²) in [6, 6.07) is 13.1. The molecule has 0 N–H and O–H groups in total. The fraction of sp³-hybridized carbons (Fsp3) is 0.250. The van der Waals surface area contributed by atoms with Crippen molar-refractivity contribution in [1.82, 2.24) is 0 Å². The molecule has 0 saturated heterocycles. The molecule has 0 heterocycles. The van der Waals surface area contributed by atoms with E-state index in [0.29, 0.717) is 0 Å². The van der Waals surface area contributed by atoms with Gasteiger partial charge in [0.15, 0.2) is 0 Å². The lowest BCUT2D eigenvalue weighted by atomic mass is 9.98. The minimum Gasteiger partial charge on any atom is -0.0786 e. The maximum absolute atomic E-state index is 3.82. The van der Waals surface area contributed by atoms with Gasteiger partial charge >= 0.3 is 0 Å². The maximum Gasteiger partial charge on any atom is 0.0658 e. The second-order valence-electron chi connectivity index (χ2n) is 4.75. The third kappa shape index (κ3) is 2.86. The van der Waals surface area contributed by atoms with Gasteiger partial charge in [-0.1, -0.05) is 73.3 Å². The molecule has 2 aromatic carbocycles. The highest BCUT2D eigenvalue weighted by atomic mass is 79.9. The third-order valence-corrected chi connectivity index (χ3v) is 4.83. The van der Waals surface area contributed by atoms with E-state index in [4.69, 9.17) is 0 Å². The van der Waals surface area contributed by atoms with Crippen LogP contribution in [0, 0.1) is 20.8 Å². The Bertz CT molecular complexity index is 573. The third-order valence-electron chi connectivity index (χ3n) is 3.12. The molecule has 2 aromatic rings. The number of aryl methyl sites for hydroxylation is 3. The van der Waals surface area contributed by atoms with E-state index in [-0.39, 0.29) is 4.83 Å². The van der Waals surface area contributed by atoms with Gasteiger partial charge in [-0.3, -0.25) is 0 Å². The molecular formula is C16H16Br2. The van der Waals surface area contributed by atoms with Crippen LogP contribution in [0.15, 0.2) is 40.9 Å². The zero-order valence-electron chi connectivity index (χ0n) is 10.8. The van der Waals surface area contributed by atoms with Crippen LogP contribution in [0.25, 0.3) is 0 Å².